The molecule has 0 spiro atoms. The van der Waals surface area contributed by atoms with E-state index in [1.54, 1.807) is 0 Å². The molecule has 1 N–H and O–H groups in total. The van der Waals surface area contributed by atoms with E-state index in [2.05, 4.69) is 15.0 Å². The lowest BCUT2D eigenvalue weighted by atomic mass is 10.2. The summed E-state index contributed by atoms with van der Waals surface area (Å²) >= 11 is 0. The van der Waals surface area contributed by atoms with Gasteiger partial charge in [0.05, 0.1) is 26.3 Å². The summed E-state index contributed by atoms with van der Waals surface area (Å²) in [6.45, 7) is 5.63. The van der Waals surface area contributed by atoms with Crippen LogP contribution < -0.4 is 10.1 Å². The van der Waals surface area contributed by atoms with Crippen LogP contribution in [0.15, 0.2) is 24.3 Å². The highest BCUT2D eigenvalue weighted by Gasteiger charge is 2.31. The summed E-state index contributed by atoms with van der Waals surface area (Å²) in [7, 11) is 0. The first-order valence-corrected chi connectivity index (χ1v) is 9.74. The number of carbonyl (C=O) groups is 2. The third kappa shape index (κ3) is 7.15. The number of hydrogen-bond acceptors (Lipinski definition) is 6. The van der Waals surface area contributed by atoms with Crippen molar-refractivity contribution < 1.29 is 32.2 Å². The number of carbonyl (C=O) groups excluding carboxylic acids is 2. The van der Waals surface area contributed by atoms with E-state index in [0.717, 1.165) is 12.1 Å². The fraction of sp³-hybridized carbons (Fsp3) is 0.579. The maximum Gasteiger partial charge on any atom is 0.573 e. The summed E-state index contributed by atoms with van der Waals surface area (Å²) in [6.07, 6.45) is -4.75. The number of alkyl halides is 3. The van der Waals surface area contributed by atoms with Gasteiger partial charge in [0.2, 0.25) is 11.8 Å². The summed E-state index contributed by atoms with van der Waals surface area (Å²) < 4.78 is 45.6. The number of benzene rings is 1. The number of nitrogens with zero attached hydrogens (tertiary/aromatic N) is 3. The van der Waals surface area contributed by atoms with Crippen LogP contribution in [0, 0.1) is 0 Å². The highest BCUT2D eigenvalue weighted by atomic mass is 19.4. The van der Waals surface area contributed by atoms with Crippen LogP contribution in [-0.4, -0.2) is 98.4 Å². The molecular weight excluding hydrogens is 405 g/mol. The van der Waals surface area contributed by atoms with Gasteiger partial charge in [-0.05, 0) is 24.3 Å². The summed E-state index contributed by atoms with van der Waals surface area (Å²) in [6, 6.07) is 5.00. The minimum Gasteiger partial charge on any atom is -0.406 e. The van der Waals surface area contributed by atoms with Crippen LogP contribution in [0.5, 0.6) is 5.75 Å². The highest BCUT2D eigenvalue weighted by Crippen LogP contribution is 2.23. The number of morpholine rings is 1. The molecule has 0 saturated carbocycles. The van der Waals surface area contributed by atoms with Crippen molar-refractivity contribution in [2.24, 2.45) is 0 Å². The van der Waals surface area contributed by atoms with Gasteiger partial charge < -0.3 is 19.7 Å². The van der Waals surface area contributed by atoms with Crippen LogP contribution in [0.2, 0.25) is 0 Å². The van der Waals surface area contributed by atoms with E-state index in [1.165, 1.54) is 12.1 Å². The van der Waals surface area contributed by atoms with E-state index >= 15 is 0 Å². The van der Waals surface area contributed by atoms with Gasteiger partial charge in [-0.15, -0.1) is 13.2 Å². The highest BCUT2D eigenvalue weighted by molar-refractivity contribution is 5.92. The van der Waals surface area contributed by atoms with Crippen LogP contribution in [0.25, 0.3) is 0 Å². The first-order valence-electron chi connectivity index (χ1n) is 9.74. The normalized spacial score (nSPS) is 18.8. The molecule has 2 saturated heterocycles. The Morgan fingerprint density at radius 1 is 0.933 bits per heavy atom. The smallest absolute Gasteiger partial charge is 0.406 e. The van der Waals surface area contributed by atoms with E-state index in [0.29, 0.717) is 64.7 Å². The molecule has 166 valence electrons. The Labute approximate surface area is 172 Å². The second-order valence-electron chi connectivity index (χ2n) is 7.17. The number of amides is 2. The predicted octanol–water partition coefficient (Wildman–Crippen LogP) is 1.00. The summed E-state index contributed by atoms with van der Waals surface area (Å²) in [4.78, 5) is 30.4. The topological polar surface area (TPSA) is 74.4 Å². The van der Waals surface area contributed by atoms with Gasteiger partial charge in [0.25, 0.3) is 0 Å². The largest absolute Gasteiger partial charge is 0.573 e. The Kier molecular flexibility index (Phi) is 7.51. The number of anilines is 1. The van der Waals surface area contributed by atoms with Gasteiger partial charge in [-0.25, -0.2) is 0 Å². The molecule has 0 unspecified atom stereocenters. The second kappa shape index (κ2) is 10.1. The van der Waals surface area contributed by atoms with Gasteiger partial charge in [-0.3, -0.25) is 19.4 Å². The van der Waals surface area contributed by atoms with Gasteiger partial charge in [-0.2, -0.15) is 0 Å². The van der Waals surface area contributed by atoms with Crippen molar-refractivity contribution in [3.05, 3.63) is 24.3 Å². The number of piperazine rings is 1. The summed E-state index contributed by atoms with van der Waals surface area (Å²) in [5.74, 6) is -0.497. The Hall–Kier alpha value is -2.37. The second-order valence-corrected chi connectivity index (χ2v) is 7.17. The van der Waals surface area contributed by atoms with Crippen molar-refractivity contribution in [1.29, 1.82) is 0 Å². The molecule has 2 aliphatic heterocycles. The third-order valence-electron chi connectivity index (χ3n) is 4.93. The number of ether oxygens (including phenoxy) is 2. The molecule has 0 aliphatic carbocycles. The van der Waals surface area contributed by atoms with E-state index < -0.39 is 6.36 Å². The third-order valence-corrected chi connectivity index (χ3v) is 4.93. The van der Waals surface area contributed by atoms with Crippen molar-refractivity contribution in [3.8, 4) is 5.75 Å². The number of rotatable bonds is 6. The van der Waals surface area contributed by atoms with Gasteiger partial charge in [0.15, 0.2) is 0 Å². The lowest BCUT2D eigenvalue weighted by Crippen LogP contribution is -2.52. The average molecular weight is 430 g/mol. The minimum absolute atomic E-state index is 0.0995. The molecule has 0 aromatic heterocycles. The molecule has 2 amide bonds. The SMILES string of the molecule is O=C(CN1CCN(CC(=O)N2CCOCC2)CC1)Nc1ccc(OC(F)(F)F)cc1. The van der Waals surface area contributed by atoms with E-state index in [9.17, 15) is 22.8 Å². The molecule has 2 fully saturated rings. The predicted molar refractivity (Wildman–Crippen MR) is 102 cm³/mol. The van der Waals surface area contributed by atoms with Crippen LogP contribution in [0.3, 0.4) is 0 Å². The Balaban J connectivity index is 1.37. The molecule has 8 nitrogen and oxygen atoms in total. The standard InChI is InChI=1S/C19H25F3N4O4/c20-19(21,22)30-16-3-1-15(2-4-16)23-17(27)13-24-5-7-25(8-6-24)14-18(28)26-9-11-29-12-10-26/h1-4H,5-14H2,(H,23,27). The molecule has 1 aromatic rings. The van der Waals surface area contributed by atoms with Gasteiger partial charge in [-0.1, -0.05) is 0 Å². The lowest BCUT2D eigenvalue weighted by molar-refractivity contribution is -0.274. The lowest BCUT2D eigenvalue weighted by Gasteiger charge is -2.35. The van der Waals surface area contributed by atoms with Crippen molar-refractivity contribution >= 4 is 17.5 Å². The first kappa shape index (κ1) is 22.3. The van der Waals surface area contributed by atoms with Gasteiger partial charge in [0, 0.05) is 45.0 Å². The quantitative estimate of drug-likeness (QED) is 0.726. The zero-order valence-corrected chi connectivity index (χ0v) is 16.5. The maximum absolute atomic E-state index is 12.3. The fourth-order valence-corrected chi connectivity index (χ4v) is 3.35. The van der Waals surface area contributed by atoms with Crippen LogP contribution in [0.1, 0.15) is 0 Å². The van der Waals surface area contributed by atoms with Gasteiger partial charge in [0.1, 0.15) is 5.75 Å². The molecule has 1 aromatic carbocycles. The molecule has 0 atom stereocenters. The Morgan fingerprint density at radius 2 is 1.50 bits per heavy atom. The minimum atomic E-state index is -4.75. The average Bonchev–Trinajstić information content (AvgIpc) is 2.70. The van der Waals surface area contributed by atoms with E-state index in [4.69, 9.17) is 4.74 Å². The first-order chi connectivity index (χ1) is 14.3. The van der Waals surface area contributed by atoms with Crippen LogP contribution >= 0.6 is 0 Å². The zero-order valence-electron chi connectivity index (χ0n) is 16.5. The fourth-order valence-electron chi connectivity index (χ4n) is 3.35. The zero-order chi connectivity index (χ0) is 21.6. The maximum atomic E-state index is 12.3. The number of nitrogens with one attached hydrogen (secondary N) is 1. The molecule has 2 heterocycles. The Morgan fingerprint density at radius 3 is 2.07 bits per heavy atom. The summed E-state index contributed by atoms with van der Waals surface area (Å²) in [5, 5.41) is 2.66. The summed E-state index contributed by atoms with van der Waals surface area (Å²) in [5.41, 5.74) is 0.393. The molecule has 30 heavy (non-hydrogen) atoms. The van der Waals surface area contributed by atoms with E-state index in [1.807, 2.05) is 9.80 Å². The van der Waals surface area contributed by atoms with Crippen LogP contribution in [-0.2, 0) is 14.3 Å². The molecule has 3 rings (SSSR count). The van der Waals surface area contributed by atoms with Crippen LogP contribution in [0.4, 0.5) is 18.9 Å². The monoisotopic (exact) mass is 430 g/mol. The molecule has 11 heteroatoms. The number of halogens is 3. The van der Waals surface area contributed by atoms with Gasteiger partial charge >= 0.3 is 6.36 Å². The van der Waals surface area contributed by atoms with E-state index in [-0.39, 0.29) is 24.1 Å². The molecule has 0 radical (unpaired) electrons. The number of hydrogen-bond donors (Lipinski definition) is 1. The molecule has 2 aliphatic rings. The van der Waals surface area contributed by atoms with Crippen molar-refractivity contribution in [2.75, 3.05) is 70.9 Å². The Bertz CT molecular complexity index is 715. The van der Waals surface area contributed by atoms with Crippen molar-refractivity contribution in [1.82, 2.24) is 14.7 Å². The van der Waals surface area contributed by atoms with Crippen molar-refractivity contribution in [3.63, 3.8) is 0 Å². The molecule has 0 bridgehead atoms. The van der Waals surface area contributed by atoms with Crippen molar-refractivity contribution in [2.45, 2.75) is 6.36 Å². The molecular formula is C19H25F3N4O4.